The van der Waals surface area contributed by atoms with Crippen LogP contribution in [0.3, 0.4) is 0 Å². The first-order valence-electron chi connectivity index (χ1n) is 3.45. The van der Waals surface area contributed by atoms with Gasteiger partial charge >= 0.3 is 12.3 Å². The summed E-state index contributed by atoms with van der Waals surface area (Å²) in [4.78, 5) is 13.1. The minimum atomic E-state index is -5.12. The Hall–Kier alpha value is -1.86. The summed E-state index contributed by atoms with van der Waals surface area (Å²) in [6.45, 7) is 0. The number of rotatable bonds is 2. The van der Waals surface area contributed by atoms with Crippen LogP contribution in [0.2, 0.25) is 0 Å². The van der Waals surface area contributed by atoms with Crippen molar-refractivity contribution in [3.8, 4) is 5.88 Å². The van der Waals surface area contributed by atoms with Gasteiger partial charge in [-0.1, -0.05) is 0 Å². The third kappa shape index (κ3) is 3.08. The SMILES string of the molecule is O=C(O)c1ccc(F)c(OC(F)(F)F)n1. The van der Waals surface area contributed by atoms with Crippen molar-refractivity contribution in [1.82, 2.24) is 4.98 Å². The van der Waals surface area contributed by atoms with Gasteiger partial charge in [0.05, 0.1) is 0 Å². The smallest absolute Gasteiger partial charge is 0.477 e. The van der Waals surface area contributed by atoms with Crippen LogP contribution >= 0.6 is 0 Å². The van der Waals surface area contributed by atoms with Crippen LogP contribution in [0.4, 0.5) is 17.6 Å². The van der Waals surface area contributed by atoms with Crippen molar-refractivity contribution >= 4 is 5.97 Å². The highest BCUT2D eigenvalue weighted by Crippen LogP contribution is 2.23. The molecule has 0 aliphatic heterocycles. The molecular formula is C7H3F4NO3. The zero-order valence-electron chi connectivity index (χ0n) is 6.88. The van der Waals surface area contributed by atoms with Gasteiger partial charge in [-0.15, -0.1) is 13.2 Å². The number of alkyl halides is 3. The van der Waals surface area contributed by atoms with Crippen LogP contribution in [0, 0.1) is 5.82 Å². The van der Waals surface area contributed by atoms with Crippen LogP contribution in [-0.4, -0.2) is 22.4 Å². The lowest BCUT2D eigenvalue weighted by Gasteiger charge is -2.08. The van der Waals surface area contributed by atoms with Crippen LogP contribution in [0.25, 0.3) is 0 Å². The molecular weight excluding hydrogens is 222 g/mol. The van der Waals surface area contributed by atoms with Gasteiger partial charge in [0.2, 0.25) is 0 Å². The van der Waals surface area contributed by atoms with Crippen molar-refractivity contribution in [3.63, 3.8) is 0 Å². The molecule has 1 N–H and O–H groups in total. The molecule has 0 aliphatic rings. The molecule has 1 aromatic rings. The molecule has 0 radical (unpaired) electrons. The van der Waals surface area contributed by atoms with Crippen molar-refractivity contribution in [2.75, 3.05) is 0 Å². The first kappa shape index (κ1) is 11.2. The number of ether oxygens (including phenoxy) is 1. The normalized spacial score (nSPS) is 11.2. The van der Waals surface area contributed by atoms with Crippen molar-refractivity contribution in [2.45, 2.75) is 6.36 Å². The van der Waals surface area contributed by atoms with Crippen molar-refractivity contribution in [3.05, 3.63) is 23.6 Å². The van der Waals surface area contributed by atoms with E-state index in [1.165, 1.54) is 0 Å². The topological polar surface area (TPSA) is 59.4 Å². The Labute approximate surface area is 80.1 Å². The van der Waals surface area contributed by atoms with Crippen molar-refractivity contribution < 1.29 is 32.2 Å². The minimum Gasteiger partial charge on any atom is -0.477 e. The Balaban J connectivity index is 3.06. The Morgan fingerprint density at radius 3 is 2.47 bits per heavy atom. The van der Waals surface area contributed by atoms with Crippen molar-refractivity contribution in [2.24, 2.45) is 0 Å². The van der Waals surface area contributed by atoms with E-state index in [0.717, 1.165) is 6.07 Å². The summed E-state index contributed by atoms with van der Waals surface area (Å²) in [6, 6.07) is 1.25. The van der Waals surface area contributed by atoms with E-state index >= 15 is 0 Å². The fourth-order valence-corrected chi connectivity index (χ4v) is 0.724. The third-order valence-corrected chi connectivity index (χ3v) is 1.25. The number of aromatic nitrogens is 1. The summed E-state index contributed by atoms with van der Waals surface area (Å²) in [5.74, 6) is -4.39. The predicted molar refractivity (Wildman–Crippen MR) is 37.8 cm³/mol. The summed E-state index contributed by atoms with van der Waals surface area (Å²) in [5.41, 5.74) is -0.740. The van der Waals surface area contributed by atoms with E-state index in [0.29, 0.717) is 6.07 Å². The average Bonchev–Trinajstić information content (AvgIpc) is 2.06. The molecule has 0 atom stereocenters. The summed E-state index contributed by atoms with van der Waals surface area (Å²) in [7, 11) is 0. The molecule has 15 heavy (non-hydrogen) atoms. The zero-order chi connectivity index (χ0) is 11.6. The van der Waals surface area contributed by atoms with Crippen LogP contribution in [0.5, 0.6) is 5.88 Å². The summed E-state index contributed by atoms with van der Waals surface area (Å²) in [5, 5.41) is 8.38. The van der Waals surface area contributed by atoms with Crippen LogP contribution in [0.1, 0.15) is 10.5 Å². The molecule has 0 aliphatic carbocycles. The second-order valence-corrected chi connectivity index (χ2v) is 2.34. The molecule has 0 saturated carbocycles. The maximum Gasteiger partial charge on any atom is 0.574 e. The van der Waals surface area contributed by atoms with Crippen LogP contribution in [0.15, 0.2) is 12.1 Å². The molecule has 82 valence electrons. The number of carbonyl (C=O) groups is 1. The first-order chi connectivity index (χ1) is 6.79. The van der Waals surface area contributed by atoms with Gasteiger partial charge in [-0.3, -0.25) is 0 Å². The molecule has 0 saturated heterocycles. The number of carboxylic acid groups (broad SMARTS) is 1. The van der Waals surface area contributed by atoms with Gasteiger partial charge in [0.1, 0.15) is 0 Å². The summed E-state index contributed by atoms with van der Waals surface area (Å²) >= 11 is 0. The molecule has 4 nitrogen and oxygen atoms in total. The van der Waals surface area contributed by atoms with E-state index in [-0.39, 0.29) is 0 Å². The first-order valence-corrected chi connectivity index (χ1v) is 3.45. The Morgan fingerprint density at radius 2 is 2.00 bits per heavy atom. The third-order valence-electron chi connectivity index (χ3n) is 1.25. The van der Waals surface area contributed by atoms with Gasteiger partial charge in [0.15, 0.2) is 11.5 Å². The Morgan fingerprint density at radius 1 is 1.40 bits per heavy atom. The van der Waals surface area contributed by atoms with Gasteiger partial charge in [-0.2, -0.15) is 0 Å². The molecule has 0 bridgehead atoms. The van der Waals surface area contributed by atoms with E-state index in [1.807, 2.05) is 0 Å². The van der Waals surface area contributed by atoms with E-state index in [9.17, 15) is 22.4 Å². The van der Waals surface area contributed by atoms with E-state index < -0.39 is 29.7 Å². The quantitative estimate of drug-likeness (QED) is 0.780. The van der Waals surface area contributed by atoms with Crippen molar-refractivity contribution in [1.29, 1.82) is 0 Å². The largest absolute Gasteiger partial charge is 0.574 e. The fraction of sp³-hybridized carbons (Fsp3) is 0.143. The maximum atomic E-state index is 12.7. The molecule has 0 spiro atoms. The standard InChI is InChI=1S/C7H3F4NO3/c8-3-1-2-4(6(13)14)12-5(3)15-7(9,10)11/h1-2H,(H,13,14). The van der Waals surface area contributed by atoms with Gasteiger partial charge in [0.25, 0.3) is 5.88 Å². The molecule has 8 heteroatoms. The van der Waals surface area contributed by atoms with Gasteiger partial charge in [-0.05, 0) is 12.1 Å². The number of halogens is 4. The Bertz CT molecular complexity index is 390. The maximum absolute atomic E-state index is 12.7. The number of hydrogen-bond donors (Lipinski definition) is 1. The highest BCUT2D eigenvalue weighted by atomic mass is 19.4. The summed E-state index contributed by atoms with van der Waals surface area (Å²) < 4.78 is 50.9. The number of carboxylic acids is 1. The second-order valence-electron chi connectivity index (χ2n) is 2.34. The molecule has 1 heterocycles. The number of aromatic carboxylic acids is 1. The van der Waals surface area contributed by atoms with E-state index in [2.05, 4.69) is 9.72 Å². The Kier molecular flexibility index (Phi) is 2.78. The van der Waals surface area contributed by atoms with Gasteiger partial charge in [-0.25, -0.2) is 14.2 Å². The van der Waals surface area contributed by atoms with E-state index in [1.54, 1.807) is 0 Å². The lowest BCUT2D eigenvalue weighted by atomic mass is 10.3. The lowest BCUT2D eigenvalue weighted by Crippen LogP contribution is -2.19. The lowest BCUT2D eigenvalue weighted by molar-refractivity contribution is -0.277. The molecule has 0 aromatic carbocycles. The monoisotopic (exact) mass is 225 g/mol. The minimum absolute atomic E-state index is 0.525. The van der Waals surface area contributed by atoms with E-state index in [4.69, 9.17) is 5.11 Å². The van der Waals surface area contributed by atoms with Gasteiger partial charge < -0.3 is 9.84 Å². The zero-order valence-corrected chi connectivity index (χ0v) is 6.88. The molecule has 1 rings (SSSR count). The van der Waals surface area contributed by atoms with Crippen LogP contribution < -0.4 is 4.74 Å². The highest BCUT2D eigenvalue weighted by molar-refractivity contribution is 5.85. The predicted octanol–water partition coefficient (Wildman–Crippen LogP) is 1.82. The molecule has 0 amide bonds. The average molecular weight is 225 g/mol. The number of pyridine rings is 1. The second kappa shape index (κ2) is 3.71. The highest BCUT2D eigenvalue weighted by Gasteiger charge is 2.33. The molecule has 1 aromatic heterocycles. The molecule has 0 unspecified atom stereocenters. The fourth-order valence-electron chi connectivity index (χ4n) is 0.724. The van der Waals surface area contributed by atoms with Crippen LogP contribution in [-0.2, 0) is 0 Å². The number of hydrogen-bond acceptors (Lipinski definition) is 3. The number of nitrogens with zero attached hydrogens (tertiary/aromatic N) is 1. The summed E-state index contributed by atoms with van der Waals surface area (Å²) in [6.07, 6.45) is -5.12. The van der Waals surface area contributed by atoms with Gasteiger partial charge in [0, 0.05) is 0 Å². The molecule has 0 fully saturated rings.